The fourth-order valence-electron chi connectivity index (χ4n) is 5.33. The quantitative estimate of drug-likeness (QED) is 0.378. The summed E-state index contributed by atoms with van der Waals surface area (Å²) in [6, 6.07) is 14.6. The van der Waals surface area contributed by atoms with Crippen LogP contribution in [0, 0.1) is 5.82 Å². The Kier molecular flexibility index (Phi) is 7.33. The maximum Gasteiger partial charge on any atom is 0.281 e. The lowest BCUT2D eigenvalue weighted by molar-refractivity contribution is -0.136. The first-order valence-electron chi connectivity index (χ1n) is 13.2. The molecule has 1 aliphatic rings. The van der Waals surface area contributed by atoms with Crippen molar-refractivity contribution in [1.82, 2.24) is 24.2 Å². The number of rotatable bonds is 7. The molecule has 5 rings (SSSR count). The third kappa shape index (κ3) is 5.35. The van der Waals surface area contributed by atoms with Gasteiger partial charge >= 0.3 is 0 Å². The van der Waals surface area contributed by atoms with Crippen molar-refractivity contribution in [3.63, 3.8) is 0 Å². The predicted octanol–water partition coefficient (Wildman–Crippen LogP) is 2.94. The first-order valence-corrected chi connectivity index (χ1v) is 13.2. The average Bonchev–Trinajstić information content (AvgIpc) is 3.27. The molecule has 0 spiro atoms. The molecular weight excluding hydrogens is 499 g/mol. The smallest absolute Gasteiger partial charge is 0.281 e. The number of nitrogens with two attached hydrogens (primary N) is 1. The van der Waals surface area contributed by atoms with Crippen molar-refractivity contribution >= 4 is 16.9 Å². The molecule has 4 aromatic rings. The number of halogens is 1. The summed E-state index contributed by atoms with van der Waals surface area (Å²) in [5.74, 6) is -0.265. The number of likely N-dealkylation sites (tertiary alicyclic amines) is 1. The van der Waals surface area contributed by atoms with E-state index >= 15 is 0 Å². The van der Waals surface area contributed by atoms with Crippen molar-refractivity contribution in [2.45, 2.75) is 50.8 Å². The molecule has 1 amide bonds. The van der Waals surface area contributed by atoms with E-state index in [9.17, 15) is 19.1 Å². The summed E-state index contributed by atoms with van der Waals surface area (Å²) >= 11 is 0. The Morgan fingerprint density at radius 1 is 1.15 bits per heavy atom. The number of carbonyl (C=O) groups is 1. The van der Waals surface area contributed by atoms with Gasteiger partial charge in [-0.25, -0.2) is 9.37 Å². The number of aromatic nitrogens is 4. The number of benzene rings is 2. The number of aryl methyl sites for hydroxylation is 1. The zero-order chi connectivity index (χ0) is 27.7. The molecule has 1 fully saturated rings. The molecule has 2 aromatic carbocycles. The van der Waals surface area contributed by atoms with Gasteiger partial charge in [-0.2, -0.15) is 5.10 Å². The molecule has 3 N–H and O–H groups in total. The van der Waals surface area contributed by atoms with Gasteiger partial charge < -0.3 is 15.7 Å². The molecule has 1 atom stereocenters. The number of fused-ring (bicyclic) bond motifs is 1. The van der Waals surface area contributed by atoms with E-state index in [1.807, 2.05) is 37.3 Å². The number of aliphatic hydroxyl groups is 1. The molecule has 204 valence electrons. The molecule has 0 bridgehead atoms. The van der Waals surface area contributed by atoms with Crippen LogP contribution in [0.5, 0.6) is 0 Å². The fourth-order valence-corrected chi connectivity index (χ4v) is 5.33. The van der Waals surface area contributed by atoms with E-state index in [1.165, 1.54) is 21.6 Å². The number of piperidine rings is 1. The van der Waals surface area contributed by atoms with Gasteiger partial charge in [0.05, 0.1) is 24.2 Å². The van der Waals surface area contributed by atoms with Gasteiger partial charge in [0.15, 0.2) is 5.52 Å². The topological polar surface area (TPSA) is 119 Å². The van der Waals surface area contributed by atoms with Gasteiger partial charge in [-0.1, -0.05) is 49.4 Å². The Hall–Kier alpha value is -3.89. The maximum atomic E-state index is 14.4. The molecule has 0 radical (unpaired) electrons. The van der Waals surface area contributed by atoms with Crippen LogP contribution >= 0.6 is 0 Å². The summed E-state index contributed by atoms with van der Waals surface area (Å²) in [5.41, 5.74) is 7.12. The second-order valence-electron chi connectivity index (χ2n) is 10.5. The van der Waals surface area contributed by atoms with E-state index in [4.69, 9.17) is 5.73 Å². The van der Waals surface area contributed by atoms with Gasteiger partial charge in [0.25, 0.3) is 5.56 Å². The van der Waals surface area contributed by atoms with Gasteiger partial charge in [0, 0.05) is 44.2 Å². The summed E-state index contributed by atoms with van der Waals surface area (Å²) in [4.78, 5) is 32.5. The number of nitrogens with zero attached hydrogens (tertiary/aromatic N) is 5. The minimum Gasteiger partial charge on any atom is -0.388 e. The van der Waals surface area contributed by atoms with Crippen molar-refractivity contribution in [1.29, 1.82) is 0 Å². The van der Waals surface area contributed by atoms with Gasteiger partial charge in [-0.05, 0) is 30.4 Å². The highest BCUT2D eigenvalue weighted by atomic mass is 19.1. The molecular formula is C29H33FN6O3. The van der Waals surface area contributed by atoms with Gasteiger partial charge in [-0.3, -0.25) is 18.8 Å². The average molecular weight is 533 g/mol. The van der Waals surface area contributed by atoms with Crippen LogP contribution in [0.1, 0.15) is 43.2 Å². The normalized spacial score (nSPS) is 16.0. The van der Waals surface area contributed by atoms with Crippen molar-refractivity contribution in [3.8, 4) is 11.3 Å². The van der Waals surface area contributed by atoms with E-state index in [0.29, 0.717) is 54.7 Å². The molecule has 39 heavy (non-hydrogen) atoms. The van der Waals surface area contributed by atoms with E-state index in [0.717, 1.165) is 5.56 Å². The maximum absolute atomic E-state index is 14.4. The van der Waals surface area contributed by atoms with E-state index in [2.05, 4.69) is 10.1 Å². The summed E-state index contributed by atoms with van der Waals surface area (Å²) in [6.07, 6.45) is 2.51. The van der Waals surface area contributed by atoms with Crippen LogP contribution in [0.15, 0.2) is 59.7 Å². The first-order chi connectivity index (χ1) is 18.7. The molecule has 3 heterocycles. The van der Waals surface area contributed by atoms with Crippen LogP contribution < -0.4 is 11.3 Å². The number of carbonyl (C=O) groups excluding carboxylic acids is 1. The zero-order valence-corrected chi connectivity index (χ0v) is 22.2. The lowest BCUT2D eigenvalue weighted by Crippen LogP contribution is -2.49. The largest absolute Gasteiger partial charge is 0.388 e. The van der Waals surface area contributed by atoms with Crippen molar-refractivity contribution in [2.75, 3.05) is 13.1 Å². The highest BCUT2D eigenvalue weighted by Crippen LogP contribution is 2.29. The monoisotopic (exact) mass is 532 g/mol. The minimum absolute atomic E-state index is 0.0446. The molecule has 0 saturated carbocycles. The van der Waals surface area contributed by atoms with Crippen LogP contribution in [-0.4, -0.2) is 53.9 Å². The van der Waals surface area contributed by atoms with Crippen LogP contribution in [0.2, 0.25) is 0 Å². The third-order valence-electron chi connectivity index (χ3n) is 7.72. The van der Waals surface area contributed by atoms with E-state index in [1.54, 1.807) is 24.1 Å². The van der Waals surface area contributed by atoms with Crippen molar-refractivity contribution < 1.29 is 14.3 Å². The third-order valence-corrected chi connectivity index (χ3v) is 7.72. The highest BCUT2D eigenvalue weighted by molar-refractivity contribution is 5.89. The number of amides is 1. The summed E-state index contributed by atoms with van der Waals surface area (Å²) < 4.78 is 17.3. The van der Waals surface area contributed by atoms with E-state index < -0.39 is 11.4 Å². The van der Waals surface area contributed by atoms with Gasteiger partial charge in [0.1, 0.15) is 11.3 Å². The van der Waals surface area contributed by atoms with Crippen LogP contribution in [-0.2, 0) is 24.9 Å². The summed E-state index contributed by atoms with van der Waals surface area (Å²) in [7, 11) is 1.68. The Morgan fingerprint density at radius 2 is 1.87 bits per heavy atom. The van der Waals surface area contributed by atoms with Gasteiger partial charge in [0.2, 0.25) is 5.91 Å². The second-order valence-corrected chi connectivity index (χ2v) is 10.5. The molecule has 1 aliphatic heterocycles. The lowest BCUT2D eigenvalue weighted by Gasteiger charge is -2.38. The van der Waals surface area contributed by atoms with Crippen molar-refractivity contribution in [3.05, 3.63) is 82.2 Å². The molecule has 0 aliphatic carbocycles. The predicted molar refractivity (Wildman–Crippen MR) is 146 cm³/mol. The zero-order valence-electron chi connectivity index (χ0n) is 22.2. The van der Waals surface area contributed by atoms with E-state index in [-0.39, 0.29) is 36.0 Å². The molecule has 10 heteroatoms. The first kappa shape index (κ1) is 26.7. The lowest BCUT2D eigenvalue weighted by atomic mass is 9.90. The van der Waals surface area contributed by atoms with Crippen LogP contribution in [0.3, 0.4) is 0 Å². The van der Waals surface area contributed by atoms with Crippen molar-refractivity contribution in [2.24, 2.45) is 12.8 Å². The Balaban J connectivity index is 1.29. The Morgan fingerprint density at radius 3 is 2.54 bits per heavy atom. The molecule has 1 saturated heterocycles. The summed E-state index contributed by atoms with van der Waals surface area (Å²) in [5, 5.41) is 15.7. The molecule has 0 unspecified atom stereocenters. The highest BCUT2D eigenvalue weighted by Gasteiger charge is 2.35. The van der Waals surface area contributed by atoms with Crippen LogP contribution in [0.4, 0.5) is 4.39 Å². The fraction of sp³-hybridized carbons (Fsp3) is 0.379. The Labute approximate surface area is 225 Å². The number of hydrogen-bond donors (Lipinski definition) is 2. The Bertz CT molecular complexity index is 1560. The standard InChI is InChI=1S/C29H33FN6O3/c1-19(20-6-4-3-5-7-20)14-24(37)35-12-10-29(39,11-13-35)17-36-18-32-25-26(28(36)38)33-34(2)27(25)21-8-9-22(16-31)23(30)15-21/h3-9,15,18-19,39H,10-14,16-17,31H2,1-2H3/t19-/m1/s1. The minimum atomic E-state index is -1.15. The molecule has 2 aromatic heterocycles. The van der Waals surface area contributed by atoms with Crippen LogP contribution in [0.25, 0.3) is 22.3 Å². The number of hydrogen-bond acceptors (Lipinski definition) is 6. The summed E-state index contributed by atoms with van der Waals surface area (Å²) in [6.45, 7) is 3.00. The second kappa shape index (κ2) is 10.7. The molecule has 9 nitrogen and oxygen atoms in total. The SMILES string of the molecule is C[C@H](CC(=O)N1CCC(O)(Cn2cnc3c(-c4ccc(CN)c(F)c4)n(C)nc3c2=O)CC1)c1ccccc1. The van der Waals surface area contributed by atoms with Gasteiger partial charge in [-0.15, -0.1) is 0 Å².